The van der Waals surface area contributed by atoms with Gasteiger partial charge in [-0.05, 0) is 45.5 Å². The van der Waals surface area contributed by atoms with Crippen molar-refractivity contribution in [1.82, 2.24) is 24.8 Å². The van der Waals surface area contributed by atoms with Crippen LogP contribution in [-0.4, -0.2) is 64.5 Å². The lowest BCUT2D eigenvalue weighted by Crippen LogP contribution is -2.45. The van der Waals surface area contributed by atoms with E-state index in [0.29, 0.717) is 6.04 Å². The van der Waals surface area contributed by atoms with Crippen LogP contribution in [-0.2, 0) is 6.54 Å². The molecular formula is C21H30N6. The van der Waals surface area contributed by atoms with Crippen molar-refractivity contribution in [1.29, 1.82) is 0 Å². The average Bonchev–Trinajstić information content (AvgIpc) is 2.69. The second-order valence-electron chi connectivity index (χ2n) is 7.79. The molecule has 2 saturated heterocycles. The Bertz CT molecular complexity index is 742. The second kappa shape index (κ2) is 8.31. The van der Waals surface area contributed by atoms with Gasteiger partial charge < -0.3 is 9.80 Å². The number of aromatic nitrogens is 3. The van der Waals surface area contributed by atoms with Gasteiger partial charge >= 0.3 is 0 Å². The van der Waals surface area contributed by atoms with Crippen LogP contribution in [0.15, 0.2) is 30.5 Å². The number of rotatable bonds is 4. The first kappa shape index (κ1) is 18.3. The molecule has 144 valence electrons. The van der Waals surface area contributed by atoms with E-state index in [-0.39, 0.29) is 0 Å². The average molecular weight is 367 g/mol. The molecule has 2 aliphatic heterocycles. The van der Waals surface area contributed by atoms with Crippen molar-refractivity contribution in [3.63, 3.8) is 0 Å². The molecule has 0 amide bonds. The Kier molecular flexibility index (Phi) is 5.64. The fourth-order valence-corrected chi connectivity index (χ4v) is 4.19. The molecule has 6 heteroatoms. The van der Waals surface area contributed by atoms with E-state index in [1.807, 2.05) is 19.2 Å². The van der Waals surface area contributed by atoms with E-state index in [1.165, 1.54) is 25.0 Å². The quantitative estimate of drug-likeness (QED) is 0.829. The zero-order valence-corrected chi connectivity index (χ0v) is 16.5. The summed E-state index contributed by atoms with van der Waals surface area (Å²) in [5.74, 6) is 1.95. The predicted octanol–water partition coefficient (Wildman–Crippen LogP) is 2.66. The molecule has 2 aromatic rings. The third-order valence-electron chi connectivity index (χ3n) is 5.71. The monoisotopic (exact) mass is 366 g/mol. The summed E-state index contributed by atoms with van der Waals surface area (Å²) in [5, 5.41) is 0. The number of hydrogen-bond acceptors (Lipinski definition) is 6. The molecule has 2 aromatic heterocycles. The summed E-state index contributed by atoms with van der Waals surface area (Å²) >= 11 is 0. The van der Waals surface area contributed by atoms with Crippen molar-refractivity contribution in [2.75, 3.05) is 44.7 Å². The zero-order chi connectivity index (χ0) is 18.6. The summed E-state index contributed by atoms with van der Waals surface area (Å²) in [6.45, 7) is 8.23. The van der Waals surface area contributed by atoms with Crippen molar-refractivity contribution < 1.29 is 0 Å². The van der Waals surface area contributed by atoms with Crippen LogP contribution in [0.1, 0.15) is 42.5 Å². The van der Waals surface area contributed by atoms with E-state index < -0.39 is 0 Å². The number of likely N-dealkylation sites (tertiary alicyclic amines) is 1. The predicted molar refractivity (Wildman–Crippen MR) is 108 cm³/mol. The normalized spacial score (nSPS) is 22.1. The van der Waals surface area contributed by atoms with Gasteiger partial charge in [-0.1, -0.05) is 12.5 Å². The lowest BCUT2D eigenvalue weighted by molar-refractivity contribution is 0.135. The fourth-order valence-electron chi connectivity index (χ4n) is 4.19. The molecule has 2 aliphatic rings. The lowest BCUT2D eigenvalue weighted by Gasteiger charge is -2.36. The van der Waals surface area contributed by atoms with Gasteiger partial charge in [-0.15, -0.1) is 0 Å². The van der Waals surface area contributed by atoms with Crippen molar-refractivity contribution in [3.8, 4) is 0 Å². The van der Waals surface area contributed by atoms with Gasteiger partial charge in [0, 0.05) is 45.0 Å². The van der Waals surface area contributed by atoms with Crippen LogP contribution in [0.3, 0.4) is 0 Å². The maximum atomic E-state index is 4.76. The van der Waals surface area contributed by atoms with Crippen LogP contribution in [0.25, 0.3) is 0 Å². The van der Waals surface area contributed by atoms with Crippen molar-refractivity contribution >= 4 is 5.82 Å². The van der Waals surface area contributed by atoms with Gasteiger partial charge in [0.2, 0.25) is 0 Å². The van der Waals surface area contributed by atoms with Gasteiger partial charge in [0.1, 0.15) is 11.6 Å². The number of pyridine rings is 1. The van der Waals surface area contributed by atoms with Gasteiger partial charge in [0.05, 0.1) is 17.4 Å². The topological polar surface area (TPSA) is 48.4 Å². The summed E-state index contributed by atoms with van der Waals surface area (Å²) < 4.78 is 0. The maximum Gasteiger partial charge on any atom is 0.132 e. The highest BCUT2D eigenvalue weighted by molar-refractivity contribution is 5.40. The van der Waals surface area contributed by atoms with Gasteiger partial charge in [-0.3, -0.25) is 9.88 Å². The summed E-state index contributed by atoms with van der Waals surface area (Å²) in [7, 11) is 2.18. The Hall–Kier alpha value is -2.05. The molecule has 0 spiro atoms. The number of piperidine rings is 1. The van der Waals surface area contributed by atoms with E-state index in [9.17, 15) is 0 Å². The molecule has 2 fully saturated rings. The Morgan fingerprint density at radius 1 is 1.04 bits per heavy atom. The molecule has 0 N–H and O–H groups in total. The minimum Gasteiger partial charge on any atom is -0.354 e. The van der Waals surface area contributed by atoms with E-state index in [1.54, 1.807) is 0 Å². The molecule has 1 atom stereocenters. The van der Waals surface area contributed by atoms with Crippen LogP contribution < -0.4 is 4.90 Å². The number of likely N-dealkylation sites (N-methyl/N-ethyl adjacent to an activating group) is 1. The Morgan fingerprint density at radius 2 is 1.89 bits per heavy atom. The Morgan fingerprint density at radius 3 is 2.67 bits per heavy atom. The van der Waals surface area contributed by atoms with Crippen LogP contribution in [0, 0.1) is 6.92 Å². The van der Waals surface area contributed by atoms with Crippen molar-refractivity contribution in [2.45, 2.75) is 38.8 Å². The van der Waals surface area contributed by atoms with E-state index in [0.717, 1.165) is 56.6 Å². The fraction of sp³-hybridized carbons (Fsp3) is 0.571. The zero-order valence-electron chi connectivity index (χ0n) is 16.5. The molecule has 27 heavy (non-hydrogen) atoms. The highest BCUT2D eigenvalue weighted by Gasteiger charge is 2.26. The number of nitrogens with zero attached hydrogens (tertiary/aromatic N) is 6. The molecule has 0 aromatic carbocycles. The van der Waals surface area contributed by atoms with Gasteiger partial charge in [-0.25, -0.2) is 9.97 Å². The lowest BCUT2D eigenvalue weighted by atomic mass is 9.98. The smallest absolute Gasteiger partial charge is 0.132 e. The van der Waals surface area contributed by atoms with Crippen molar-refractivity contribution in [2.24, 2.45) is 0 Å². The molecule has 0 bridgehead atoms. The molecule has 6 nitrogen and oxygen atoms in total. The van der Waals surface area contributed by atoms with Gasteiger partial charge in [0.15, 0.2) is 0 Å². The summed E-state index contributed by atoms with van der Waals surface area (Å²) in [5.41, 5.74) is 2.31. The Labute approximate surface area is 162 Å². The number of anilines is 1. The van der Waals surface area contributed by atoms with Gasteiger partial charge in [0.25, 0.3) is 0 Å². The highest BCUT2D eigenvalue weighted by atomic mass is 15.3. The molecule has 0 aliphatic carbocycles. The van der Waals surface area contributed by atoms with Crippen LogP contribution in [0.4, 0.5) is 5.82 Å². The van der Waals surface area contributed by atoms with Crippen LogP contribution in [0.5, 0.6) is 0 Å². The largest absolute Gasteiger partial charge is 0.354 e. The van der Waals surface area contributed by atoms with Crippen LogP contribution >= 0.6 is 0 Å². The Balaban J connectivity index is 1.52. The second-order valence-corrected chi connectivity index (χ2v) is 7.79. The number of piperazine rings is 1. The van der Waals surface area contributed by atoms with E-state index in [2.05, 4.69) is 44.9 Å². The minimum absolute atomic E-state index is 0.391. The molecule has 0 radical (unpaired) electrons. The summed E-state index contributed by atoms with van der Waals surface area (Å²) in [4.78, 5) is 21.4. The van der Waals surface area contributed by atoms with Gasteiger partial charge in [-0.2, -0.15) is 0 Å². The molecular weight excluding hydrogens is 336 g/mol. The SMILES string of the molecule is Cc1nc(CN2CCCCC2c2ccccn2)cc(N2CCN(C)CC2)n1. The number of hydrogen-bond donors (Lipinski definition) is 0. The maximum absolute atomic E-state index is 4.76. The molecule has 4 heterocycles. The summed E-state index contributed by atoms with van der Waals surface area (Å²) in [6, 6.07) is 8.83. The molecule has 0 saturated carbocycles. The number of aryl methyl sites for hydroxylation is 1. The van der Waals surface area contributed by atoms with Crippen LogP contribution in [0.2, 0.25) is 0 Å². The third kappa shape index (κ3) is 4.45. The first-order chi connectivity index (χ1) is 13.2. The summed E-state index contributed by atoms with van der Waals surface area (Å²) in [6.07, 6.45) is 5.60. The minimum atomic E-state index is 0.391. The molecule has 4 rings (SSSR count). The third-order valence-corrected chi connectivity index (χ3v) is 5.71. The standard InChI is InChI=1S/C21H30N6/c1-17-23-18(15-21(24-17)26-13-11-25(2)12-14-26)16-27-10-6-4-8-20(27)19-7-3-5-9-22-19/h3,5,7,9,15,20H,4,6,8,10-14,16H2,1-2H3. The molecule has 1 unspecified atom stereocenters. The van der Waals surface area contributed by atoms with E-state index >= 15 is 0 Å². The first-order valence-corrected chi connectivity index (χ1v) is 10.1. The van der Waals surface area contributed by atoms with Crippen molar-refractivity contribution in [3.05, 3.63) is 47.7 Å². The highest BCUT2D eigenvalue weighted by Crippen LogP contribution is 2.31. The first-order valence-electron chi connectivity index (χ1n) is 10.1. The van der Waals surface area contributed by atoms with E-state index in [4.69, 9.17) is 9.97 Å².